The maximum absolute atomic E-state index is 13.3. The SMILES string of the molecule is CCOc1cc(C(=O)N2CCCN(Cc3ccccc3)CC2)ccc1OCc1cccnc1. The highest BCUT2D eigenvalue weighted by Crippen LogP contribution is 2.30. The van der Waals surface area contributed by atoms with Crippen molar-refractivity contribution in [3.05, 3.63) is 89.7 Å². The van der Waals surface area contributed by atoms with Crippen LogP contribution in [0.4, 0.5) is 0 Å². The monoisotopic (exact) mass is 445 g/mol. The number of benzene rings is 2. The van der Waals surface area contributed by atoms with E-state index in [1.54, 1.807) is 18.5 Å². The van der Waals surface area contributed by atoms with Crippen LogP contribution in [0.2, 0.25) is 0 Å². The van der Waals surface area contributed by atoms with Crippen LogP contribution in [-0.2, 0) is 13.2 Å². The van der Waals surface area contributed by atoms with E-state index in [4.69, 9.17) is 9.47 Å². The fourth-order valence-corrected chi connectivity index (χ4v) is 4.03. The van der Waals surface area contributed by atoms with Crippen LogP contribution in [0.25, 0.3) is 0 Å². The van der Waals surface area contributed by atoms with E-state index in [2.05, 4.69) is 34.1 Å². The average molecular weight is 446 g/mol. The molecule has 1 aliphatic heterocycles. The Bertz CT molecular complexity index is 1030. The van der Waals surface area contributed by atoms with Crippen LogP contribution >= 0.6 is 0 Å². The number of carbonyl (C=O) groups excluding carboxylic acids is 1. The lowest BCUT2D eigenvalue weighted by molar-refractivity contribution is 0.0760. The minimum Gasteiger partial charge on any atom is -0.490 e. The Morgan fingerprint density at radius 1 is 0.909 bits per heavy atom. The van der Waals surface area contributed by atoms with Gasteiger partial charge in [-0.05, 0) is 43.2 Å². The smallest absolute Gasteiger partial charge is 0.254 e. The van der Waals surface area contributed by atoms with Crippen LogP contribution in [0.15, 0.2) is 73.1 Å². The molecule has 0 N–H and O–H groups in total. The van der Waals surface area contributed by atoms with Crippen molar-refractivity contribution in [1.82, 2.24) is 14.8 Å². The molecule has 4 rings (SSSR count). The number of carbonyl (C=O) groups is 1. The summed E-state index contributed by atoms with van der Waals surface area (Å²) in [6.07, 6.45) is 4.47. The third-order valence-corrected chi connectivity index (χ3v) is 5.73. The summed E-state index contributed by atoms with van der Waals surface area (Å²) in [5.41, 5.74) is 2.91. The molecule has 0 atom stereocenters. The molecule has 6 heteroatoms. The first-order chi connectivity index (χ1) is 16.2. The lowest BCUT2D eigenvalue weighted by atomic mass is 10.1. The number of pyridine rings is 1. The summed E-state index contributed by atoms with van der Waals surface area (Å²) < 4.78 is 11.7. The minimum atomic E-state index is 0.0383. The van der Waals surface area contributed by atoms with Crippen LogP contribution in [0.1, 0.15) is 34.8 Å². The van der Waals surface area contributed by atoms with Gasteiger partial charge in [0.05, 0.1) is 6.61 Å². The topological polar surface area (TPSA) is 54.9 Å². The van der Waals surface area contributed by atoms with Crippen molar-refractivity contribution in [3.63, 3.8) is 0 Å². The molecule has 0 radical (unpaired) electrons. The van der Waals surface area contributed by atoms with Crippen molar-refractivity contribution < 1.29 is 14.3 Å². The van der Waals surface area contributed by atoms with Crippen LogP contribution < -0.4 is 9.47 Å². The Morgan fingerprint density at radius 3 is 2.55 bits per heavy atom. The first-order valence-electron chi connectivity index (χ1n) is 11.6. The molecular weight excluding hydrogens is 414 g/mol. The Kier molecular flexibility index (Phi) is 7.93. The van der Waals surface area contributed by atoms with E-state index in [0.29, 0.717) is 30.3 Å². The number of hydrogen-bond acceptors (Lipinski definition) is 5. The zero-order valence-corrected chi connectivity index (χ0v) is 19.2. The number of amides is 1. The molecule has 0 spiro atoms. The molecule has 0 aliphatic carbocycles. The predicted octanol–water partition coefficient (Wildman–Crippen LogP) is 4.41. The van der Waals surface area contributed by atoms with Crippen molar-refractivity contribution in [2.45, 2.75) is 26.5 Å². The molecule has 1 saturated heterocycles. The lowest BCUT2D eigenvalue weighted by Crippen LogP contribution is -2.35. The third-order valence-electron chi connectivity index (χ3n) is 5.73. The predicted molar refractivity (Wildman–Crippen MR) is 128 cm³/mol. The second-order valence-corrected chi connectivity index (χ2v) is 8.15. The number of aromatic nitrogens is 1. The van der Waals surface area contributed by atoms with Crippen molar-refractivity contribution in [1.29, 1.82) is 0 Å². The summed E-state index contributed by atoms with van der Waals surface area (Å²) in [4.78, 5) is 21.8. The highest BCUT2D eigenvalue weighted by atomic mass is 16.5. The van der Waals surface area contributed by atoms with Gasteiger partial charge in [0.1, 0.15) is 6.61 Å². The standard InChI is InChI=1S/C27H31N3O3/c1-2-32-26-18-24(11-12-25(26)33-21-23-10-6-13-28-19-23)27(31)30-15-7-14-29(16-17-30)20-22-8-4-3-5-9-22/h3-6,8-13,18-19H,2,7,14-17,20-21H2,1H3. The van der Waals surface area contributed by atoms with Gasteiger partial charge in [-0.2, -0.15) is 0 Å². The molecule has 172 valence electrons. The Balaban J connectivity index is 1.40. The van der Waals surface area contributed by atoms with Crippen molar-refractivity contribution >= 4 is 5.91 Å². The Hall–Kier alpha value is -3.38. The zero-order valence-electron chi connectivity index (χ0n) is 19.2. The maximum atomic E-state index is 13.3. The van der Waals surface area contributed by atoms with Crippen LogP contribution in [0, 0.1) is 0 Å². The third kappa shape index (κ3) is 6.33. The molecule has 0 unspecified atom stereocenters. The van der Waals surface area contributed by atoms with Gasteiger partial charge in [0.25, 0.3) is 5.91 Å². The van der Waals surface area contributed by atoms with E-state index >= 15 is 0 Å². The normalized spacial score (nSPS) is 14.5. The number of rotatable bonds is 8. The van der Waals surface area contributed by atoms with E-state index in [9.17, 15) is 4.79 Å². The Morgan fingerprint density at radius 2 is 1.76 bits per heavy atom. The van der Waals surface area contributed by atoms with Gasteiger partial charge in [-0.25, -0.2) is 0 Å². The summed E-state index contributed by atoms with van der Waals surface area (Å²) in [7, 11) is 0. The molecular formula is C27H31N3O3. The molecule has 1 amide bonds. The zero-order chi connectivity index (χ0) is 22.9. The second kappa shape index (κ2) is 11.5. The molecule has 33 heavy (non-hydrogen) atoms. The molecule has 6 nitrogen and oxygen atoms in total. The van der Waals surface area contributed by atoms with Crippen molar-refractivity contribution in [3.8, 4) is 11.5 Å². The molecule has 2 aromatic carbocycles. The molecule has 1 aromatic heterocycles. The summed E-state index contributed by atoms with van der Waals surface area (Å²) in [5, 5.41) is 0. The van der Waals surface area contributed by atoms with Gasteiger partial charge in [0.15, 0.2) is 11.5 Å². The van der Waals surface area contributed by atoms with E-state index < -0.39 is 0 Å². The van der Waals surface area contributed by atoms with Gasteiger partial charge in [-0.15, -0.1) is 0 Å². The van der Waals surface area contributed by atoms with E-state index in [1.165, 1.54) is 5.56 Å². The molecule has 2 heterocycles. The quantitative estimate of drug-likeness (QED) is 0.514. The van der Waals surface area contributed by atoms with Crippen LogP contribution in [-0.4, -0.2) is 53.5 Å². The van der Waals surface area contributed by atoms with Gasteiger partial charge in [-0.1, -0.05) is 36.4 Å². The van der Waals surface area contributed by atoms with Crippen molar-refractivity contribution in [2.24, 2.45) is 0 Å². The average Bonchev–Trinajstić information content (AvgIpc) is 3.10. The maximum Gasteiger partial charge on any atom is 0.254 e. The first-order valence-corrected chi connectivity index (χ1v) is 11.6. The van der Waals surface area contributed by atoms with Gasteiger partial charge in [0, 0.05) is 56.2 Å². The number of ether oxygens (including phenoxy) is 2. The number of nitrogens with zero attached hydrogens (tertiary/aromatic N) is 3. The largest absolute Gasteiger partial charge is 0.490 e. The summed E-state index contributed by atoms with van der Waals surface area (Å²) in [5.74, 6) is 1.26. The Labute approximate surface area is 195 Å². The van der Waals surface area contributed by atoms with E-state index in [-0.39, 0.29) is 5.91 Å². The van der Waals surface area contributed by atoms with Gasteiger partial charge < -0.3 is 14.4 Å². The fraction of sp³-hybridized carbons (Fsp3) is 0.333. The summed E-state index contributed by atoms with van der Waals surface area (Å²) in [6.45, 7) is 7.07. The molecule has 1 fully saturated rings. The van der Waals surface area contributed by atoms with E-state index in [1.807, 2.05) is 42.2 Å². The molecule has 3 aromatic rings. The van der Waals surface area contributed by atoms with Gasteiger partial charge in [-0.3, -0.25) is 14.7 Å². The van der Waals surface area contributed by atoms with E-state index in [0.717, 1.165) is 44.7 Å². The molecule has 1 aliphatic rings. The second-order valence-electron chi connectivity index (χ2n) is 8.15. The summed E-state index contributed by atoms with van der Waals surface area (Å²) in [6, 6.07) is 19.8. The van der Waals surface area contributed by atoms with Crippen LogP contribution in [0.5, 0.6) is 11.5 Å². The van der Waals surface area contributed by atoms with Gasteiger partial charge >= 0.3 is 0 Å². The fourth-order valence-electron chi connectivity index (χ4n) is 4.03. The van der Waals surface area contributed by atoms with Gasteiger partial charge in [0.2, 0.25) is 0 Å². The number of hydrogen-bond donors (Lipinski definition) is 0. The highest BCUT2D eigenvalue weighted by Gasteiger charge is 2.21. The first kappa shape index (κ1) is 22.8. The molecule has 0 bridgehead atoms. The van der Waals surface area contributed by atoms with Crippen LogP contribution in [0.3, 0.4) is 0 Å². The molecule has 0 saturated carbocycles. The van der Waals surface area contributed by atoms with Crippen molar-refractivity contribution in [2.75, 3.05) is 32.8 Å². The highest BCUT2D eigenvalue weighted by molar-refractivity contribution is 5.95. The minimum absolute atomic E-state index is 0.0383. The lowest BCUT2D eigenvalue weighted by Gasteiger charge is -2.22. The summed E-state index contributed by atoms with van der Waals surface area (Å²) >= 11 is 0.